The van der Waals surface area contributed by atoms with E-state index in [1.807, 2.05) is 45.9 Å². The highest BCUT2D eigenvalue weighted by atomic mass is 16.5. The van der Waals surface area contributed by atoms with Gasteiger partial charge in [0.2, 0.25) is 0 Å². The van der Waals surface area contributed by atoms with E-state index in [-0.39, 0.29) is 11.3 Å². The smallest absolute Gasteiger partial charge is 0.176 e. The van der Waals surface area contributed by atoms with Gasteiger partial charge in [-0.3, -0.25) is 4.79 Å². The van der Waals surface area contributed by atoms with Gasteiger partial charge in [-0.05, 0) is 51.5 Å². The van der Waals surface area contributed by atoms with Crippen molar-refractivity contribution in [1.29, 1.82) is 0 Å². The second-order valence-electron chi connectivity index (χ2n) is 5.21. The number of methoxy groups -OCH3 is 1. The standard InChI is InChI=1S/C14H21NO2/c1-10-8-11(17-5)6-7-12(10)13(16)9-15-14(2,3)4/h6-8,15H,9H2,1-5H3. The topological polar surface area (TPSA) is 38.3 Å². The Morgan fingerprint density at radius 3 is 2.47 bits per heavy atom. The Balaban J connectivity index is 2.76. The zero-order valence-electron chi connectivity index (χ0n) is 11.3. The Kier molecular flexibility index (Phi) is 4.29. The highest BCUT2D eigenvalue weighted by molar-refractivity contribution is 5.99. The van der Waals surface area contributed by atoms with Crippen LogP contribution >= 0.6 is 0 Å². The molecule has 1 aromatic rings. The molecule has 1 N–H and O–H groups in total. The summed E-state index contributed by atoms with van der Waals surface area (Å²) in [5.41, 5.74) is 1.66. The number of carbonyl (C=O) groups is 1. The minimum Gasteiger partial charge on any atom is -0.497 e. The molecule has 0 aromatic heterocycles. The molecular weight excluding hydrogens is 214 g/mol. The van der Waals surface area contributed by atoms with Crippen molar-refractivity contribution >= 4 is 5.78 Å². The molecule has 3 nitrogen and oxygen atoms in total. The van der Waals surface area contributed by atoms with Crippen LogP contribution in [0.1, 0.15) is 36.7 Å². The van der Waals surface area contributed by atoms with E-state index in [9.17, 15) is 4.79 Å². The predicted molar refractivity (Wildman–Crippen MR) is 69.8 cm³/mol. The van der Waals surface area contributed by atoms with Crippen molar-refractivity contribution < 1.29 is 9.53 Å². The van der Waals surface area contributed by atoms with E-state index in [1.165, 1.54) is 0 Å². The maximum Gasteiger partial charge on any atom is 0.176 e. The molecular formula is C14H21NO2. The number of aryl methyl sites for hydroxylation is 1. The summed E-state index contributed by atoms with van der Waals surface area (Å²) in [4.78, 5) is 12.0. The predicted octanol–water partition coefficient (Wildman–Crippen LogP) is 2.57. The van der Waals surface area contributed by atoms with E-state index in [1.54, 1.807) is 7.11 Å². The molecule has 0 aliphatic carbocycles. The summed E-state index contributed by atoms with van der Waals surface area (Å²) >= 11 is 0. The van der Waals surface area contributed by atoms with Gasteiger partial charge in [0, 0.05) is 11.1 Å². The summed E-state index contributed by atoms with van der Waals surface area (Å²) in [5, 5.41) is 3.20. The maximum atomic E-state index is 12.0. The van der Waals surface area contributed by atoms with Gasteiger partial charge >= 0.3 is 0 Å². The van der Waals surface area contributed by atoms with Crippen molar-refractivity contribution in [3.05, 3.63) is 29.3 Å². The molecule has 0 spiro atoms. The summed E-state index contributed by atoms with van der Waals surface area (Å²) in [5.74, 6) is 0.892. The van der Waals surface area contributed by atoms with Crippen LogP contribution < -0.4 is 10.1 Å². The monoisotopic (exact) mass is 235 g/mol. The van der Waals surface area contributed by atoms with Crippen molar-refractivity contribution in [2.45, 2.75) is 33.2 Å². The first kappa shape index (κ1) is 13.7. The molecule has 0 bridgehead atoms. The molecule has 0 atom stereocenters. The summed E-state index contributed by atoms with van der Waals surface area (Å²) in [6, 6.07) is 5.52. The van der Waals surface area contributed by atoms with Gasteiger partial charge < -0.3 is 10.1 Å². The van der Waals surface area contributed by atoms with Crippen LogP contribution in [0.3, 0.4) is 0 Å². The number of carbonyl (C=O) groups excluding carboxylic acids is 1. The number of ether oxygens (including phenoxy) is 1. The molecule has 94 valence electrons. The SMILES string of the molecule is COc1ccc(C(=O)CNC(C)(C)C)c(C)c1. The number of hydrogen-bond acceptors (Lipinski definition) is 3. The van der Waals surface area contributed by atoms with Crippen molar-refractivity contribution in [3.8, 4) is 5.75 Å². The van der Waals surface area contributed by atoms with Crippen molar-refractivity contribution in [2.75, 3.05) is 13.7 Å². The summed E-state index contributed by atoms with van der Waals surface area (Å²) in [6.45, 7) is 8.41. The fraction of sp³-hybridized carbons (Fsp3) is 0.500. The van der Waals surface area contributed by atoms with Gasteiger partial charge in [-0.1, -0.05) is 0 Å². The second-order valence-corrected chi connectivity index (χ2v) is 5.21. The van der Waals surface area contributed by atoms with Gasteiger partial charge in [-0.2, -0.15) is 0 Å². The maximum absolute atomic E-state index is 12.0. The van der Waals surface area contributed by atoms with E-state index >= 15 is 0 Å². The quantitative estimate of drug-likeness (QED) is 0.815. The van der Waals surface area contributed by atoms with Crippen LogP contribution in [0.25, 0.3) is 0 Å². The van der Waals surface area contributed by atoms with Crippen LogP contribution in [0, 0.1) is 6.92 Å². The third-order valence-electron chi connectivity index (χ3n) is 2.51. The highest BCUT2D eigenvalue weighted by Crippen LogP contribution is 2.17. The van der Waals surface area contributed by atoms with Gasteiger partial charge in [-0.25, -0.2) is 0 Å². The average molecular weight is 235 g/mol. The average Bonchev–Trinajstić information content (AvgIpc) is 2.24. The number of ketones is 1. The van der Waals surface area contributed by atoms with Crippen LogP contribution in [0.2, 0.25) is 0 Å². The Bertz CT molecular complexity index is 405. The molecule has 0 fully saturated rings. The molecule has 0 aliphatic rings. The van der Waals surface area contributed by atoms with Gasteiger partial charge in [0.25, 0.3) is 0 Å². The first-order valence-electron chi connectivity index (χ1n) is 5.76. The summed E-state index contributed by atoms with van der Waals surface area (Å²) < 4.78 is 5.12. The van der Waals surface area contributed by atoms with Gasteiger partial charge in [0.1, 0.15) is 5.75 Å². The number of Topliss-reactive ketones (excluding diaryl/α,β-unsaturated/α-hetero) is 1. The Morgan fingerprint density at radius 2 is 2.00 bits per heavy atom. The number of nitrogens with one attached hydrogen (secondary N) is 1. The van der Waals surface area contributed by atoms with E-state index in [0.717, 1.165) is 16.9 Å². The van der Waals surface area contributed by atoms with Crippen molar-refractivity contribution in [2.24, 2.45) is 0 Å². The number of hydrogen-bond donors (Lipinski definition) is 1. The lowest BCUT2D eigenvalue weighted by atomic mass is 10.0. The van der Waals surface area contributed by atoms with Crippen LogP contribution in [0.5, 0.6) is 5.75 Å². The molecule has 3 heteroatoms. The van der Waals surface area contributed by atoms with Gasteiger partial charge in [0.15, 0.2) is 5.78 Å². The van der Waals surface area contributed by atoms with Crippen LogP contribution in [-0.2, 0) is 0 Å². The zero-order valence-corrected chi connectivity index (χ0v) is 11.3. The number of benzene rings is 1. The molecule has 1 rings (SSSR count). The first-order chi connectivity index (χ1) is 7.83. The Labute approximate surface area is 103 Å². The third kappa shape index (κ3) is 4.19. The molecule has 0 amide bonds. The minimum atomic E-state index is -0.0456. The lowest BCUT2D eigenvalue weighted by molar-refractivity contribution is 0.0981. The summed E-state index contributed by atoms with van der Waals surface area (Å²) in [6.07, 6.45) is 0. The normalized spacial score (nSPS) is 11.4. The molecule has 0 heterocycles. The molecule has 0 unspecified atom stereocenters. The number of rotatable bonds is 4. The van der Waals surface area contributed by atoms with E-state index in [0.29, 0.717) is 6.54 Å². The highest BCUT2D eigenvalue weighted by Gasteiger charge is 2.14. The zero-order chi connectivity index (χ0) is 13.1. The van der Waals surface area contributed by atoms with Gasteiger partial charge in [0.05, 0.1) is 13.7 Å². The third-order valence-corrected chi connectivity index (χ3v) is 2.51. The molecule has 0 aliphatic heterocycles. The lowest BCUT2D eigenvalue weighted by Crippen LogP contribution is -2.39. The summed E-state index contributed by atoms with van der Waals surface area (Å²) in [7, 11) is 1.62. The van der Waals surface area contributed by atoms with E-state index < -0.39 is 0 Å². The second kappa shape index (κ2) is 5.32. The van der Waals surface area contributed by atoms with Crippen LogP contribution in [-0.4, -0.2) is 25.0 Å². The first-order valence-corrected chi connectivity index (χ1v) is 5.76. The van der Waals surface area contributed by atoms with Crippen LogP contribution in [0.15, 0.2) is 18.2 Å². The Morgan fingerprint density at radius 1 is 1.35 bits per heavy atom. The van der Waals surface area contributed by atoms with Crippen molar-refractivity contribution in [3.63, 3.8) is 0 Å². The van der Waals surface area contributed by atoms with Crippen molar-refractivity contribution in [1.82, 2.24) is 5.32 Å². The van der Waals surface area contributed by atoms with E-state index in [2.05, 4.69) is 5.32 Å². The molecule has 1 aromatic carbocycles. The fourth-order valence-corrected chi connectivity index (χ4v) is 1.52. The van der Waals surface area contributed by atoms with Gasteiger partial charge in [-0.15, -0.1) is 0 Å². The molecule has 0 saturated carbocycles. The molecule has 0 saturated heterocycles. The van der Waals surface area contributed by atoms with E-state index in [4.69, 9.17) is 4.74 Å². The molecule has 0 radical (unpaired) electrons. The van der Waals surface area contributed by atoms with Crippen LogP contribution in [0.4, 0.5) is 0 Å². The minimum absolute atomic E-state index is 0.0456. The lowest BCUT2D eigenvalue weighted by Gasteiger charge is -2.20. The largest absolute Gasteiger partial charge is 0.497 e. The molecule has 17 heavy (non-hydrogen) atoms. The Hall–Kier alpha value is -1.35. The fourth-order valence-electron chi connectivity index (χ4n) is 1.52.